The van der Waals surface area contributed by atoms with E-state index >= 15 is 0 Å². The fraction of sp³-hybridized carbons (Fsp3) is 0.233. The van der Waals surface area contributed by atoms with Gasteiger partial charge >= 0.3 is 5.97 Å². The van der Waals surface area contributed by atoms with E-state index in [1.54, 1.807) is 48.5 Å². The van der Waals surface area contributed by atoms with Crippen LogP contribution in [0.3, 0.4) is 0 Å². The van der Waals surface area contributed by atoms with Crippen molar-refractivity contribution in [3.05, 3.63) is 106 Å². The van der Waals surface area contributed by atoms with Crippen molar-refractivity contribution in [1.29, 1.82) is 0 Å². The predicted molar refractivity (Wildman–Crippen MR) is 139 cm³/mol. The second-order valence-corrected chi connectivity index (χ2v) is 8.91. The number of amides is 1. The molecule has 7 heteroatoms. The van der Waals surface area contributed by atoms with Gasteiger partial charge in [-0.15, -0.1) is 0 Å². The van der Waals surface area contributed by atoms with Gasteiger partial charge < -0.3 is 19.5 Å². The van der Waals surface area contributed by atoms with E-state index in [2.05, 4.69) is 0 Å². The Hall–Kier alpha value is -4.39. The van der Waals surface area contributed by atoms with Crippen molar-refractivity contribution in [3.63, 3.8) is 0 Å². The Labute approximate surface area is 215 Å². The van der Waals surface area contributed by atoms with Gasteiger partial charge in [0.05, 0.1) is 30.9 Å². The number of benzene rings is 3. The van der Waals surface area contributed by atoms with Crippen LogP contribution in [0.1, 0.15) is 52.0 Å². The fourth-order valence-corrected chi connectivity index (χ4v) is 4.38. The number of carbonyl (C=O) groups excluding carboxylic acids is 3. The maximum Gasteiger partial charge on any atom is 0.338 e. The van der Waals surface area contributed by atoms with Crippen LogP contribution in [-0.2, 0) is 20.9 Å². The third kappa shape index (κ3) is 5.40. The van der Waals surface area contributed by atoms with Crippen molar-refractivity contribution in [3.8, 4) is 5.75 Å². The summed E-state index contributed by atoms with van der Waals surface area (Å²) in [5.41, 5.74) is 3.21. The smallest absolute Gasteiger partial charge is 0.338 e. The van der Waals surface area contributed by atoms with Gasteiger partial charge in [-0.25, -0.2) is 4.79 Å². The molecule has 190 valence electrons. The number of methoxy groups -OCH3 is 1. The molecule has 1 fully saturated rings. The minimum Gasteiger partial charge on any atom is -0.507 e. The van der Waals surface area contributed by atoms with E-state index in [1.165, 1.54) is 12.0 Å². The van der Waals surface area contributed by atoms with Crippen LogP contribution in [0, 0.1) is 6.92 Å². The largest absolute Gasteiger partial charge is 0.507 e. The highest BCUT2D eigenvalue weighted by molar-refractivity contribution is 6.46. The normalized spacial score (nSPS) is 16.6. The van der Waals surface area contributed by atoms with E-state index in [0.29, 0.717) is 29.0 Å². The molecule has 0 aromatic heterocycles. The highest BCUT2D eigenvalue weighted by Crippen LogP contribution is 2.40. The Morgan fingerprint density at radius 1 is 0.973 bits per heavy atom. The lowest BCUT2D eigenvalue weighted by Gasteiger charge is -2.26. The summed E-state index contributed by atoms with van der Waals surface area (Å²) in [5.74, 6) is -1.62. The monoisotopic (exact) mass is 499 g/mol. The van der Waals surface area contributed by atoms with E-state index < -0.39 is 23.7 Å². The molecule has 37 heavy (non-hydrogen) atoms. The molecular weight excluding hydrogens is 470 g/mol. The molecule has 7 nitrogen and oxygen atoms in total. The Kier molecular flexibility index (Phi) is 7.72. The molecule has 0 spiro atoms. The number of rotatable bonds is 8. The van der Waals surface area contributed by atoms with Crippen molar-refractivity contribution in [1.82, 2.24) is 4.90 Å². The van der Waals surface area contributed by atoms with Crippen LogP contribution in [0.2, 0.25) is 0 Å². The summed E-state index contributed by atoms with van der Waals surface area (Å²) < 4.78 is 10.4. The van der Waals surface area contributed by atoms with Crippen molar-refractivity contribution < 1.29 is 29.0 Å². The van der Waals surface area contributed by atoms with Crippen molar-refractivity contribution in [2.24, 2.45) is 0 Å². The van der Waals surface area contributed by atoms with Crippen LogP contribution >= 0.6 is 0 Å². The number of hydrogen-bond donors (Lipinski definition) is 1. The molecule has 0 saturated carbocycles. The molecule has 1 aliphatic heterocycles. The minimum atomic E-state index is -0.791. The average Bonchev–Trinajstić information content (AvgIpc) is 3.16. The molecule has 1 heterocycles. The first-order chi connectivity index (χ1) is 17.8. The van der Waals surface area contributed by atoms with E-state index in [9.17, 15) is 19.5 Å². The van der Waals surface area contributed by atoms with Crippen LogP contribution in [0.4, 0.5) is 0 Å². The Morgan fingerprint density at radius 3 is 2.38 bits per heavy atom. The van der Waals surface area contributed by atoms with Crippen LogP contribution in [0.15, 0.2) is 78.4 Å². The van der Waals surface area contributed by atoms with Crippen LogP contribution in [0.25, 0.3) is 5.76 Å². The number of aliphatic hydroxyl groups excluding tert-OH is 1. The summed E-state index contributed by atoms with van der Waals surface area (Å²) in [5, 5.41) is 11.3. The van der Waals surface area contributed by atoms with Gasteiger partial charge in [-0.3, -0.25) is 9.59 Å². The number of nitrogens with zero attached hydrogens (tertiary/aromatic N) is 1. The summed E-state index contributed by atoms with van der Waals surface area (Å²) in [6.07, 6.45) is 0.730. The highest BCUT2D eigenvalue weighted by atomic mass is 16.5. The zero-order valence-corrected chi connectivity index (χ0v) is 21.1. The lowest BCUT2D eigenvalue weighted by Crippen LogP contribution is -2.29. The first-order valence-electron chi connectivity index (χ1n) is 12.1. The molecule has 1 amide bonds. The molecule has 1 N–H and O–H groups in total. The summed E-state index contributed by atoms with van der Waals surface area (Å²) >= 11 is 0. The quantitative estimate of drug-likeness (QED) is 0.198. The molecule has 0 aliphatic carbocycles. The number of aliphatic hydroxyl groups is 1. The van der Waals surface area contributed by atoms with Crippen LogP contribution in [-0.4, -0.2) is 41.4 Å². The second-order valence-electron chi connectivity index (χ2n) is 8.91. The fourth-order valence-electron chi connectivity index (χ4n) is 4.38. The summed E-state index contributed by atoms with van der Waals surface area (Å²) in [6, 6.07) is 20.2. The van der Waals surface area contributed by atoms with Gasteiger partial charge in [0.15, 0.2) is 0 Å². The van der Waals surface area contributed by atoms with Crippen LogP contribution in [0.5, 0.6) is 5.75 Å². The molecule has 3 aromatic rings. The summed E-state index contributed by atoms with van der Waals surface area (Å²) in [4.78, 5) is 40.2. The maximum atomic E-state index is 13.3. The van der Waals surface area contributed by atoms with Gasteiger partial charge in [0, 0.05) is 12.1 Å². The highest BCUT2D eigenvalue weighted by Gasteiger charge is 2.46. The first kappa shape index (κ1) is 25.7. The first-order valence-corrected chi connectivity index (χ1v) is 12.1. The zero-order chi connectivity index (χ0) is 26.5. The lowest BCUT2D eigenvalue weighted by atomic mass is 9.94. The van der Waals surface area contributed by atoms with Gasteiger partial charge in [0.2, 0.25) is 0 Å². The Morgan fingerprint density at radius 2 is 1.70 bits per heavy atom. The van der Waals surface area contributed by atoms with Gasteiger partial charge in [-0.1, -0.05) is 61.0 Å². The van der Waals surface area contributed by atoms with Gasteiger partial charge in [-0.05, 0) is 48.7 Å². The van der Waals surface area contributed by atoms with Crippen molar-refractivity contribution >= 4 is 23.4 Å². The minimum absolute atomic E-state index is 0.0172. The zero-order valence-electron chi connectivity index (χ0n) is 21.1. The number of Topliss-reactive ketones (excluding diaryl/α,β-unsaturated/α-hetero) is 1. The van der Waals surface area contributed by atoms with Crippen molar-refractivity contribution in [2.45, 2.75) is 32.9 Å². The standard InChI is InChI=1S/C30H29NO6/c1-4-15-37-30(35)21-13-11-20(12-14-21)18-31-26(22-8-5-7-19(2)16-22)25(28(33)29(31)34)27(32)23-9-6-10-24(17-23)36-3/h5-14,16-17,26,32H,4,15,18H2,1-3H3/b27-25+. The molecule has 0 bridgehead atoms. The predicted octanol–water partition coefficient (Wildman–Crippen LogP) is 5.19. The van der Waals surface area contributed by atoms with E-state index in [0.717, 1.165) is 17.5 Å². The second kappa shape index (κ2) is 11.1. The maximum absolute atomic E-state index is 13.3. The average molecular weight is 500 g/mol. The Balaban J connectivity index is 1.74. The molecule has 4 rings (SSSR count). The molecule has 3 aromatic carbocycles. The van der Waals surface area contributed by atoms with Crippen LogP contribution < -0.4 is 4.74 Å². The third-order valence-corrected chi connectivity index (χ3v) is 6.22. The van der Waals surface area contributed by atoms with Gasteiger partial charge in [0.25, 0.3) is 11.7 Å². The van der Waals surface area contributed by atoms with E-state index in [-0.39, 0.29) is 17.9 Å². The Bertz CT molecular complexity index is 1360. The summed E-state index contributed by atoms with van der Waals surface area (Å²) in [7, 11) is 1.51. The van der Waals surface area contributed by atoms with Gasteiger partial charge in [0.1, 0.15) is 11.5 Å². The number of aryl methyl sites for hydroxylation is 1. The lowest BCUT2D eigenvalue weighted by molar-refractivity contribution is -0.140. The summed E-state index contributed by atoms with van der Waals surface area (Å²) in [6.45, 7) is 4.30. The van der Waals surface area contributed by atoms with E-state index in [1.807, 2.05) is 38.1 Å². The topological polar surface area (TPSA) is 93.1 Å². The number of carbonyl (C=O) groups is 3. The molecule has 0 radical (unpaired) electrons. The molecule has 1 saturated heterocycles. The van der Waals surface area contributed by atoms with Gasteiger partial charge in [-0.2, -0.15) is 0 Å². The number of hydrogen-bond acceptors (Lipinski definition) is 6. The number of ketones is 1. The molecule has 1 unspecified atom stereocenters. The molecular formula is C30H29NO6. The number of ether oxygens (including phenoxy) is 2. The SMILES string of the molecule is CCCOC(=O)c1ccc(CN2C(=O)C(=O)/C(=C(/O)c3cccc(OC)c3)C2c2cccc(C)c2)cc1. The molecule has 1 atom stereocenters. The number of likely N-dealkylation sites (tertiary alicyclic amines) is 1. The van der Waals surface area contributed by atoms with Crippen molar-refractivity contribution in [2.75, 3.05) is 13.7 Å². The van der Waals surface area contributed by atoms with E-state index in [4.69, 9.17) is 9.47 Å². The number of esters is 1. The molecule has 1 aliphatic rings. The third-order valence-electron chi connectivity index (χ3n) is 6.22.